The lowest BCUT2D eigenvalue weighted by Crippen LogP contribution is -2.19. The zero-order chi connectivity index (χ0) is 13.8. The number of anilines is 1. The Morgan fingerprint density at radius 3 is 2.84 bits per heavy atom. The quantitative estimate of drug-likeness (QED) is 0.935. The fraction of sp³-hybridized carbons (Fsp3) is 0.214. The molecule has 1 N–H and O–H groups in total. The molecule has 0 spiro atoms. The van der Waals surface area contributed by atoms with E-state index in [1.807, 2.05) is 30.1 Å². The number of aliphatic hydroxyl groups is 1. The summed E-state index contributed by atoms with van der Waals surface area (Å²) in [6.45, 7) is 0.326. The van der Waals surface area contributed by atoms with E-state index in [-0.39, 0.29) is 6.61 Å². The van der Waals surface area contributed by atoms with Crippen LogP contribution in [0, 0.1) is 5.82 Å². The average Bonchev–Trinajstić information content (AvgIpc) is 2.38. The first-order valence-corrected chi connectivity index (χ1v) is 6.19. The van der Waals surface area contributed by atoms with Gasteiger partial charge in [0.1, 0.15) is 11.6 Å². The van der Waals surface area contributed by atoms with Gasteiger partial charge in [-0.25, -0.2) is 9.37 Å². The van der Waals surface area contributed by atoms with Crippen molar-refractivity contribution in [2.24, 2.45) is 0 Å². The summed E-state index contributed by atoms with van der Waals surface area (Å²) in [6, 6.07) is 8.78. The van der Waals surface area contributed by atoms with E-state index in [9.17, 15) is 9.50 Å². The number of pyridine rings is 1. The SMILES string of the molecule is CN(Cc1cccc(Cl)c1)c1ncc(F)cc1CO. The van der Waals surface area contributed by atoms with E-state index in [4.69, 9.17) is 11.6 Å². The predicted molar refractivity (Wildman–Crippen MR) is 73.7 cm³/mol. The highest BCUT2D eigenvalue weighted by atomic mass is 35.5. The Hall–Kier alpha value is -1.65. The summed E-state index contributed by atoms with van der Waals surface area (Å²) in [5.41, 5.74) is 1.48. The molecule has 5 heteroatoms. The van der Waals surface area contributed by atoms with Crippen molar-refractivity contribution < 1.29 is 9.50 Å². The highest BCUT2D eigenvalue weighted by Crippen LogP contribution is 2.20. The lowest BCUT2D eigenvalue weighted by molar-refractivity contribution is 0.281. The number of aromatic nitrogens is 1. The molecule has 1 aromatic heterocycles. The van der Waals surface area contributed by atoms with Crippen molar-refractivity contribution in [2.75, 3.05) is 11.9 Å². The van der Waals surface area contributed by atoms with Crippen LogP contribution >= 0.6 is 11.6 Å². The zero-order valence-electron chi connectivity index (χ0n) is 10.5. The van der Waals surface area contributed by atoms with Crippen LogP contribution < -0.4 is 4.90 Å². The normalized spacial score (nSPS) is 10.5. The van der Waals surface area contributed by atoms with Crippen molar-refractivity contribution in [1.29, 1.82) is 0 Å². The van der Waals surface area contributed by atoms with Gasteiger partial charge in [-0.15, -0.1) is 0 Å². The van der Waals surface area contributed by atoms with E-state index in [1.54, 1.807) is 6.07 Å². The molecular weight excluding hydrogens is 267 g/mol. The van der Waals surface area contributed by atoms with Crippen LogP contribution in [0.3, 0.4) is 0 Å². The standard InChI is InChI=1S/C14H14ClFN2O/c1-18(8-10-3-2-4-12(15)5-10)14-11(9-19)6-13(16)7-17-14/h2-7,19H,8-9H2,1H3. The first kappa shape index (κ1) is 13.8. The van der Waals surface area contributed by atoms with E-state index >= 15 is 0 Å². The summed E-state index contributed by atoms with van der Waals surface area (Å²) in [4.78, 5) is 5.87. The van der Waals surface area contributed by atoms with Crippen LogP contribution in [0.2, 0.25) is 5.02 Å². The monoisotopic (exact) mass is 280 g/mol. The van der Waals surface area contributed by atoms with Crippen molar-refractivity contribution in [1.82, 2.24) is 4.98 Å². The summed E-state index contributed by atoms with van der Waals surface area (Å²) < 4.78 is 13.1. The Morgan fingerprint density at radius 1 is 1.37 bits per heavy atom. The second-order valence-corrected chi connectivity index (χ2v) is 4.72. The predicted octanol–water partition coefficient (Wildman–Crippen LogP) is 3.00. The first-order valence-electron chi connectivity index (χ1n) is 5.81. The molecule has 3 nitrogen and oxygen atoms in total. The van der Waals surface area contributed by atoms with Crippen LogP contribution in [0.1, 0.15) is 11.1 Å². The van der Waals surface area contributed by atoms with Crippen LogP contribution in [-0.4, -0.2) is 17.1 Å². The summed E-state index contributed by atoms with van der Waals surface area (Å²) in [6.07, 6.45) is 1.14. The molecule has 0 amide bonds. The second-order valence-electron chi connectivity index (χ2n) is 4.28. The Labute approximate surface area is 116 Å². The third-order valence-electron chi connectivity index (χ3n) is 2.75. The van der Waals surface area contributed by atoms with Crippen molar-refractivity contribution in [2.45, 2.75) is 13.2 Å². The van der Waals surface area contributed by atoms with Crippen molar-refractivity contribution in [3.05, 3.63) is 58.5 Å². The van der Waals surface area contributed by atoms with Crippen LogP contribution in [-0.2, 0) is 13.2 Å². The van der Waals surface area contributed by atoms with Crippen LogP contribution in [0.4, 0.5) is 10.2 Å². The molecule has 0 saturated heterocycles. The molecular formula is C14H14ClFN2O. The van der Waals surface area contributed by atoms with Crippen LogP contribution in [0.15, 0.2) is 36.5 Å². The van der Waals surface area contributed by atoms with Crippen LogP contribution in [0.5, 0.6) is 0 Å². The number of aliphatic hydroxyl groups excluding tert-OH is 1. The van der Waals surface area contributed by atoms with Gasteiger partial charge in [0.2, 0.25) is 0 Å². The molecule has 0 fully saturated rings. The largest absolute Gasteiger partial charge is 0.392 e. The van der Waals surface area contributed by atoms with E-state index < -0.39 is 5.82 Å². The molecule has 0 radical (unpaired) electrons. The highest BCUT2D eigenvalue weighted by Gasteiger charge is 2.10. The summed E-state index contributed by atoms with van der Waals surface area (Å²) in [7, 11) is 1.83. The first-order chi connectivity index (χ1) is 9.10. The maximum atomic E-state index is 13.1. The number of hydrogen-bond acceptors (Lipinski definition) is 3. The van der Waals surface area contributed by atoms with Gasteiger partial charge in [-0.05, 0) is 23.8 Å². The maximum Gasteiger partial charge on any atom is 0.142 e. The number of benzene rings is 1. The molecule has 0 aliphatic rings. The third-order valence-corrected chi connectivity index (χ3v) is 2.99. The summed E-state index contributed by atoms with van der Waals surface area (Å²) in [5, 5.41) is 9.91. The molecule has 2 rings (SSSR count). The number of rotatable bonds is 4. The molecule has 0 aliphatic carbocycles. The summed E-state index contributed by atoms with van der Waals surface area (Å²) >= 11 is 5.93. The van der Waals surface area contributed by atoms with E-state index in [2.05, 4.69) is 4.98 Å². The molecule has 0 saturated carbocycles. The Kier molecular flexibility index (Phi) is 4.35. The second kappa shape index (κ2) is 5.99. The smallest absolute Gasteiger partial charge is 0.142 e. The van der Waals surface area contributed by atoms with Crippen LogP contribution in [0.25, 0.3) is 0 Å². The number of hydrogen-bond donors (Lipinski definition) is 1. The fourth-order valence-electron chi connectivity index (χ4n) is 1.92. The molecule has 0 bridgehead atoms. The van der Waals surface area contributed by atoms with Gasteiger partial charge in [-0.3, -0.25) is 0 Å². The Balaban J connectivity index is 2.22. The fourth-order valence-corrected chi connectivity index (χ4v) is 2.13. The van der Waals surface area contributed by atoms with Gasteiger partial charge >= 0.3 is 0 Å². The molecule has 2 aromatic rings. The van der Waals surface area contributed by atoms with Crippen molar-refractivity contribution in [3.8, 4) is 0 Å². The lowest BCUT2D eigenvalue weighted by Gasteiger charge is -2.20. The molecule has 0 atom stereocenters. The number of halogens is 2. The molecule has 1 heterocycles. The van der Waals surface area contributed by atoms with Gasteiger partial charge in [0.05, 0.1) is 12.8 Å². The van der Waals surface area contributed by atoms with E-state index in [1.165, 1.54) is 6.07 Å². The maximum absolute atomic E-state index is 13.1. The highest BCUT2D eigenvalue weighted by molar-refractivity contribution is 6.30. The molecule has 0 aliphatic heterocycles. The minimum Gasteiger partial charge on any atom is -0.392 e. The Morgan fingerprint density at radius 2 is 2.16 bits per heavy atom. The van der Waals surface area contributed by atoms with E-state index in [0.29, 0.717) is 22.9 Å². The van der Waals surface area contributed by atoms with Crippen molar-refractivity contribution in [3.63, 3.8) is 0 Å². The Bertz CT molecular complexity index is 577. The van der Waals surface area contributed by atoms with E-state index in [0.717, 1.165) is 11.8 Å². The minimum absolute atomic E-state index is 0.250. The van der Waals surface area contributed by atoms with Gasteiger partial charge in [0, 0.05) is 24.2 Å². The van der Waals surface area contributed by atoms with Gasteiger partial charge in [0.25, 0.3) is 0 Å². The lowest BCUT2D eigenvalue weighted by atomic mass is 10.2. The van der Waals surface area contributed by atoms with Gasteiger partial charge in [0.15, 0.2) is 0 Å². The third kappa shape index (κ3) is 3.43. The van der Waals surface area contributed by atoms with Gasteiger partial charge in [-0.1, -0.05) is 23.7 Å². The van der Waals surface area contributed by atoms with Gasteiger partial charge < -0.3 is 10.0 Å². The molecule has 19 heavy (non-hydrogen) atoms. The average molecular weight is 281 g/mol. The van der Waals surface area contributed by atoms with Crippen molar-refractivity contribution >= 4 is 17.4 Å². The molecule has 1 aromatic carbocycles. The molecule has 0 unspecified atom stereocenters. The number of nitrogens with zero attached hydrogens (tertiary/aromatic N) is 2. The zero-order valence-corrected chi connectivity index (χ0v) is 11.2. The van der Waals surface area contributed by atoms with Gasteiger partial charge in [-0.2, -0.15) is 0 Å². The molecule has 100 valence electrons. The minimum atomic E-state index is -0.455. The summed E-state index contributed by atoms with van der Waals surface area (Å²) in [5.74, 6) is 0.104. The topological polar surface area (TPSA) is 36.4 Å².